The highest BCUT2D eigenvalue weighted by Crippen LogP contribution is 2.56. The molecule has 3 nitrogen and oxygen atoms in total. The molecular formula is C34H29F10NO2S. The van der Waals surface area contributed by atoms with Crippen molar-refractivity contribution in [3.8, 4) is 16.9 Å². The summed E-state index contributed by atoms with van der Waals surface area (Å²) in [5.74, 6) is -0.975. The molecule has 0 saturated carbocycles. The summed E-state index contributed by atoms with van der Waals surface area (Å²) >= 11 is 0.526. The van der Waals surface area contributed by atoms with Gasteiger partial charge in [-0.25, -0.2) is 4.39 Å². The Morgan fingerprint density at radius 1 is 0.875 bits per heavy atom. The van der Waals surface area contributed by atoms with Crippen LogP contribution in [-0.4, -0.2) is 23.3 Å². The van der Waals surface area contributed by atoms with Crippen LogP contribution in [0.15, 0.2) is 49.0 Å². The van der Waals surface area contributed by atoms with Gasteiger partial charge in [0.15, 0.2) is 0 Å². The first-order valence-corrected chi connectivity index (χ1v) is 15.6. The lowest BCUT2D eigenvalue weighted by atomic mass is 9.86. The van der Waals surface area contributed by atoms with E-state index in [0.29, 0.717) is 23.9 Å². The summed E-state index contributed by atoms with van der Waals surface area (Å²) < 4.78 is 145. The van der Waals surface area contributed by atoms with Crippen molar-refractivity contribution in [2.24, 2.45) is 0 Å². The molecule has 0 aliphatic carbocycles. The fraction of sp³-hybridized carbons (Fsp3) is 0.382. The highest BCUT2D eigenvalue weighted by Gasteiger charge is 2.51. The van der Waals surface area contributed by atoms with Crippen LogP contribution in [-0.2, 0) is 18.5 Å². The summed E-state index contributed by atoms with van der Waals surface area (Å²) in [5.41, 5.74) is -3.50. The number of thioether (sulfide) groups is 1. The molecule has 2 saturated heterocycles. The molecule has 0 aromatic heterocycles. The Morgan fingerprint density at radius 2 is 1.46 bits per heavy atom. The third-order valence-electron chi connectivity index (χ3n) is 8.68. The van der Waals surface area contributed by atoms with Crippen molar-refractivity contribution in [3.05, 3.63) is 93.8 Å². The third kappa shape index (κ3) is 6.39. The van der Waals surface area contributed by atoms with Gasteiger partial charge in [-0.05, 0) is 89.9 Å². The second-order valence-corrected chi connectivity index (χ2v) is 13.3. The van der Waals surface area contributed by atoms with Crippen LogP contribution in [0.3, 0.4) is 0 Å². The number of hydrogen-bond donors (Lipinski definition) is 0. The first-order valence-electron chi connectivity index (χ1n) is 14.7. The van der Waals surface area contributed by atoms with Gasteiger partial charge in [0.1, 0.15) is 11.6 Å². The van der Waals surface area contributed by atoms with Crippen molar-refractivity contribution in [1.82, 2.24) is 4.90 Å². The second kappa shape index (κ2) is 12.3. The number of alkyl halides is 9. The molecule has 0 spiro atoms. The van der Waals surface area contributed by atoms with Crippen LogP contribution in [0.4, 0.5) is 48.7 Å². The van der Waals surface area contributed by atoms with Crippen LogP contribution >= 0.6 is 11.8 Å². The van der Waals surface area contributed by atoms with E-state index in [0.717, 1.165) is 12.1 Å². The second-order valence-electron chi connectivity index (χ2n) is 12.2. The summed E-state index contributed by atoms with van der Waals surface area (Å²) in [6, 6.07) is 3.55. The smallest absolute Gasteiger partial charge is 0.416 e. The summed E-state index contributed by atoms with van der Waals surface area (Å²) in [7, 11) is 1.27. The van der Waals surface area contributed by atoms with Gasteiger partial charge in [0.25, 0.3) is 5.24 Å². The van der Waals surface area contributed by atoms with Crippen molar-refractivity contribution in [2.75, 3.05) is 7.11 Å². The van der Waals surface area contributed by atoms with Gasteiger partial charge in [-0.2, -0.15) is 39.5 Å². The highest BCUT2D eigenvalue weighted by molar-refractivity contribution is 8.14. The van der Waals surface area contributed by atoms with Gasteiger partial charge in [-0.1, -0.05) is 38.3 Å². The zero-order valence-electron chi connectivity index (χ0n) is 25.9. The number of benzene rings is 3. The molecule has 3 atom stereocenters. The van der Waals surface area contributed by atoms with Crippen LogP contribution in [0.1, 0.15) is 89.8 Å². The Morgan fingerprint density at radius 3 is 1.96 bits per heavy atom. The molecule has 2 fully saturated rings. The predicted octanol–water partition coefficient (Wildman–Crippen LogP) is 11.8. The summed E-state index contributed by atoms with van der Waals surface area (Å²) in [5, 5.41) is -1.87. The van der Waals surface area contributed by atoms with Crippen LogP contribution in [0.2, 0.25) is 0 Å². The molecule has 48 heavy (non-hydrogen) atoms. The maximum Gasteiger partial charge on any atom is 0.416 e. The molecule has 2 aliphatic rings. The quantitative estimate of drug-likeness (QED) is 0.239. The molecule has 1 amide bonds. The zero-order valence-corrected chi connectivity index (χ0v) is 26.7. The lowest BCUT2D eigenvalue weighted by molar-refractivity contribution is -0.143. The molecule has 0 N–H and O–H groups in total. The van der Waals surface area contributed by atoms with Gasteiger partial charge in [-0.3, -0.25) is 4.79 Å². The number of hydrogen-bond acceptors (Lipinski definition) is 3. The minimum absolute atomic E-state index is 0.00333. The van der Waals surface area contributed by atoms with E-state index < -0.39 is 63.6 Å². The first-order chi connectivity index (χ1) is 22.1. The first kappa shape index (κ1) is 35.6. The number of fused-ring (bicyclic) bond motifs is 1. The summed E-state index contributed by atoms with van der Waals surface area (Å²) in [4.78, 5) is 14.7. The number of amides is 1. The van der Waals surface area contributed by atoms with Crippen molar-refractivity contribution >= 4 is 22.6 Å². The van der Waals surface area contributed by atoms with Gasteiger partial charge in [0.05, 0.1) is 40.7 Å². The number of nitrogens with zero attached hydrogens (tertiary/aromatic N) is 1. The number of rotatable bonds is 6. The van der Waals surface area contributed by atoms with Crippen LogP contribution in [0.25, 0.3) is 16.7 Å². The molecule has 3 aromatic rings. The number of methoxy groups -OCH3 is 1. The van der Waals surface area contributed by atoms with Crippen molar-refractivity contribution in [1.29, 1.82) is 0 Å². The maximum atomic E-state index is 15.7. The van der Waals surface area contributed by atoms with Crippen molar-refractivity contribution in [2.45, 2.75) is 75.4 Å². The van der Waals surface area contributed by atoms with Crippen molar-refractivity contribution < 1.29 is 53.4 Å². The Balaban J connectivity index is 1.69. The maximum absolute atomic E-state index is 15.7. The van der Waals surface area contributed by atoms with Gasteiger partial charge >= 0.3 is 18.5 Å². The van der Waals surface area contributed by atoms with E-state index in [-0.39, 0.29) is 69.5 Å². The molecule has 14 heteroatoms. The molecule has 0 unspecified atom stereocenters. The Labute approximate surface area is 273 Å². The molecule has 5 rings (SSSR count). The average Bonchev–Trinajstić information content (AvgIpc) is 3.55. The largest absolute Gasteiger partial charge is 0.495 e. The SMILES string of the molecule is C=C(C)c1c(F)c(C(C)C)cc(-c2ccc(C(F)(F)F)cc2[C@@H]2CC[C@H]3[C@@H](c4cc(C(F)(F)F)cc(C(F)(F)F)c4)SC(=O)N23)c1OC. The van der Waals surface area contributed by atoms with E-state index in [1.807, 2.05) is 0 Å². The number of halogens is 10. The third-order valence-corrected chi connectivity index (χ3v) is 9.93. The fourth-order valence-corrected chi connectivity index (χ4v) is 7.82. The van der Waals surface area contributed by atoms with E-state index >= 15 is 4.39 Å². The number of carbonyl (C=O) groups is 1. The molecule has 0 radical (unpaired) electrons. The summed E-state index contributed by atoms with van der Waals surface area (Å²) in [6.45, 7) is 8.84. The van der Waals surface area contributed by atoms with E-state index in [4.69, 9.17) is 4.74 Å². The van der Waals surface area contributed by atoms with Crippen LogP contribution < -0.4 is 4.74 Å². The predicted molar refractivity (Wildman–Crippen MR) is 162 cm³/mol. The van der Waals surface area contributed by atoms with Gasteiger partial charge in [0, 0.05) is 11.6 Å². The molecule has 2 aliphatic heterocycles. The Hall–Kier alpha value is -3.68. The monoisotopic (exact) mass is 705 g/mol. The number of ether oxygens (including phenoxy) is 1. The fourth-order valence-electron chi connectivity index (χ4n) is 6.52. The van der Waals surface area contributed by atoms with Crippen LogP contribution in [0, 0.1) is 5.82 Å². The van der Waals surface area contributed by atoms with Gasteiger partial charge < -0.3 is 9.64 Å². The lowest BCUT2D eigenvalue weighted by Gasteiger charge is -2.29. The minimum Gasteiger partial charge on any atom is -0.495 e. The van der Waals surface area contributed by atoms with E-state index in [1.54, 1.807) is 20.8 Å². The number of allylic oxidation sites excluding steroid dienone is 1. The molecule has 3 aromatic carbocycles. The lowest BCUT2D eigenvalue weighted by Crippen LogP contribution is -2.31. The van der Waals surface area contributed by atoms with Crippen molar-refractivity contribution in [3.63, 3.8) is 0 Å². The normalized spacial score (nSPS) is 20.1. The Kier molecular flexibility index (Phi) is 9.15. The van der Waals surface area contributed by atoms with Crippen LogP contribution in [0.5, 0.6) is 5.75 Å². The summed E-state index contributed by atoms with van der Waals surface area (Å²) in [6.07, 6.45) is -14.9. The van der Waals surface area contributed by atoms with E-state index in [2.05, 4.69) is 6.58 Å². The zero-order chi connectivity index (χ0) is 35.7. The topological polar surface area (TPSA) is 29.5 Å². The molecular weight excluding hydrogens is 676 g/mol. The van der Waals surface area contributed by atoms with Gasteiger partial charge in [-0.15, -0.1) is 0 Å². The Bertz CT molecular complexity index is 1750. The van der Waals surface area contributed by atoms with E-state index in [1.165, 1.54) is 24.1 Å². The molecule has 2 heterocycles. The van der Waals surface area contributed by atoms with E-state index in [9.17, 15) is 44.3 Å². The highest BCUT2D eigenvalue weighted by atomic mass is 32.2. The molecule has 258 valence electrons. The number of carbonyl (C=O) groups excluding carboxylic acids is 1. The van der Waals surface area contributed by atoms with Gasteiger partial charge in [0.2, 0.25) is 0 Å². The molecule has 0 bridgehead atoms. The minimum atomic E-state index is -5.11. The standard InChI is InChI=1S/C34H29F10NO2S/c1-15(2)22-14-24(29(47-5)27(16(3)4)28(22)35)21-7-6-18(32(36,37)38)13-23(21)25-8-9-26-30(48-31(46)45(25)26)17-10-19(33(39,40)41)12-20(11-17)34(42,43)44/h6-7,10-15,25-26,30H,3,8-9H2,1-2,4-5H3/t25-,26-,30+/m0/s1. The average molecular weight is 706 g/mol.